The van der Waals surface area contributed by atoms with Gasteiger partial charge in [0.15, 0.2) is 0 Å². The number of aromatic nitrogens is 1. The summed E-state index contributed by atoms with van der Waals surface area (Å²) in [5.41, 5.74) is 0.468. The molecule has 1 aromatic rings. The summed E-state index contributed by atoms with van der Waals surface area (Å²) in [6.45, 7) is 1.98. The Kier molecular flexibility index (Phi) is 2.98. The second-order valence-corrected chi connectivity index (χ2v) is 3.91. The maximum Gasteiger partial charge on any atom is 0.141 e. The zero-order valence-electron chi connectivity index (χ0n) is 8.56. The van der Waals surface area contributed by atoms with Crippen LogP contribution in [0.3, 0.4) is 0 Å². The average Bonchev–Trinajstić information content (AvgIpc) is 2.65. The molecule has 0 saturated carbocycles. The van der Waals surface area contributed by atoms with Crippen LogP contribution in [0.15, 0.2) is 18.3 Å². The molecule has 3 unspecified atom stereocenters. The molecule has 0 amide bonds. The third-order valence-electron chi connectivity index (χ3n) is 2.67. The molecule has 0 aliphatic carbocycles. The van der Waals surface area contributed by atoms with E-state index in [9.17, 15) is 9.50 Å². The van der Waals surface area contributed by atoms with E-state index in [0.29, 0.717) is 5.69 Å². The Labute approximate surface area is 87.9 Å². The molecule has 1 saturated heterocycles. The molecular weight excluding hydrogens is 197 g/mol. The third kappa shape index (κ3) is 2.33. The van der Waals surface area contributed by atoms with Crippen LogP contribution in [0.2, 0.25) is 0 Å². The molecule has 15 heavy (non-hydrogen) atoms. The van der Waals surface area contributed by atoms with Crippen molar-refractivity contribution in [1.29, 1.82) is 0 Å². The Morgan fingerprint density at radius 3 is 2.87 bits per heavy atom. The normalized spacial score (nSPS) is 27.9. The zero-order chi connectivity index (χ0) is 10.8. The summed E-state index contributed by atoms with van der Waals surface area (Å²) in [4.78, 5) is 3.84. The highest BCUT2D eigenvalue weighted by molar-refractivity contribution is 5.09. The fourth-order valence-electron chi connectivity index (χ4n) is 1.82. The van der Waals surface area contributed by atoms with Crippen molar-refractivity contribution in [3.05, 3.63) is 29.8 Å². The average molecular weight is 211 g/mol. The van der Waals surface area contributed by atoms with Crippen LogP contribution in [-0.4, -0.2) is 22.3 Å². The van der Waals surface area contributed by atoms with Gasteiger partial charge in [-0.1, -0.05) is 0 Å². The number of halogens is 1. The number of pyridine rings is 1. The molecule has 4 heteroatoms. The summed E-state index contributed by atoms with van der Waals surface area (Å²) in [5.74, 6) is -0.397. The Hall–Kier alpha value is -1.00. The number of rotatable bonds is 2. The molecule has 0 bridgehead atoms. The molecule has 3 atom stereocenters. The lowest BCUT2D eigenvalue weighted by Gasteiger charge is -2.17. The van der Waals surface area contributed by atoms with Crippen molar-refractivity contribution in [1.82, 2.24) is 4.98 Å². The number of nitrogens with zero attached hydrogens (tertiary/aromatic N) is 1. The van der Waals surface area contributed by atoms with E-state index >= 15 is 0 Å². The first-order valence-electron chi connectivity index (χ1n) is 5.12. The minimum atomic E-state index is -0.754. The van der Waals surface area contributed by atoms with Crippen LogP contribution < -0.4 is 0 Å². The van der Waals surface area contributed by atoms with Crippen LogP contribution in [0.5, 0.6) is 0 Å². The molecule has 82 valence electrons. The van der Waals surface area contributed by atoms with Crippen molar-refractivity contribution >= 4 is 0 Å². The van der Waals surface area contributed by atoms with Crippen LogP contribution >= 0.6 is 0 Å². The van der Waals surface area contributed by atoms with E-state index in [-0.39, 0.29) is 12.2 Å². The van der Waals surface area contributed by atoms with Crippen molar-refractivity contribution in [2.24, 2.45) is 0 Å². The molecule has 1 aliphatic heterocycles. The lowest BCUT2D eigenvalue weighted by Crippen LogP contribution is -2.19. The summed E-state index contributed by atoms with van der Waals surface area (Å²) in [5, 5.41) is 9.92. The molecule has 2 rings (SSSR count). The predicted molar refractivity (Wildman–Crippen MR) is 52.7 cm³/mol. The first-order chi connectivity index (χ1) is 7.16. The zero-order valence-corrected chi connectivity index (χ0v) is 8.56. The van der Waals surface area contributed by atoms with Gasteiger partial charge in [-0.3, -0.25) is 4.98 Å². The van der Waals surface area contributed by atoms with Gasteiger partial charge in [-0.15, -0.1) is 0 Å². The highest BCUT2D eigenvalue weighted by Gasteiger charge is 2.29. The first-order valence-corrected chi connectivity index (χ1v) is 5.12. The largest absolute Gasteiger partial charge is 0.384 e. The number of hydrogen-bond donors (Lipinski definition) is 1. The van der Waals surface area contributed by atoms with Crippen molar-refractivity contribution in [3.63, 3.8) is 0 Å². The van der Waals surface area contributed by atoms with Crippen LogP contribution in [0.25, 0.3) is 0 Å². The van der Waals surface area contributed by atoms with Gasteiger partial charge in [-0.05, 0) is 31.9 Å². The Morgan fingerprint density at radius 2 is 2.33 bits per heavy atom. The van der Waals surface area contributed by atoms with E-state index in [1.54, 1.807) is 0 Å². The quantitative estimate of drug-likeness (QED) is 0.811. The van der Waals surface area contributed by atoms with Crippen molar-refractivity contribution in [2.75, 3.05) is 0 Å². The lowest BCUT2D eigenvalue weighted by molar-refractivity contribution is -0.0314. The van der Waals surface area contributed by atoms with Gasteiger partial charge < -0.3 is 9.84 Å². The van der Waals surface area contributed by atoms with Gasteiger partial charge in [0.1, 0.15) is 11.9 Å². The topological polar surface area (TPSA) is 42.4 Å². The van der Waals surface area contributed by atoms with Crippen LogP contribution in [0.4, 0.5) is 4.39 Å². The Morgan fingerprint density at radius 1 is 1.53 bits per heavy atom. The van der Waals surface area contributed by atoms with Crippen LogP contribution in [0.1, 0.15) is 31.6 Å². The lowest BCUT2D eigenvalue weighted by atomic mass is 10.1. The third-order valence-corrected chi connectivity index (χ3v) is 2.67. The van der Waals surface area contributed by atoms with Gasteiger partial charge in [0, 0.05) is 0 Å². The fourth-order valence-corrected chi connectivity index (χ4v) is 1.82. The molecule has 2 heterocycles. The number of hydrogen-bond acceptors (Lipinski definition) is 3. The standard InChI is InChI=1S/C11H14FNO2/c1-7-2-5-10(15-7)11(14)9-4-3-8(12)6-13-9/h3-4,6-7,10-11,14H,2,5H2,1H3. The predicted octanol–water partition coefficient (Wildman–Crippen LogP) is 1.82. The second-order valence-electron chi connectivity index (χ2n) is 3.91. The fraction of sp³-hybridized carbons (Fsp3) is 0.545. The van der Waals surface area contributed by atoms with Crippen LogP contribution in [0, 0.1) is 5.82 Å². The van der Waals surface area contributed by atoms with Gasteiger partial charge in [0.05, 0.1) is 24.1 Å². The van der Waals surface area contributed by atoms with Gasteiger partial charge in [-0.2, -0.15) is 0 Å². The first kappa shape index (κ1) is 10.5. The smallest absolute Gasteiger partial charge is 0.141 e. The monoisotopic (exact) mass is 211 g/mol. The van der Waals surface area contributed by atoms with Gasteiger partial charge in [-0.25, -0.2) is 4.39 Å². The SMILES string of the molecule is CC1CCC(C(O)c2ccc(F)cn2)O1. The number of aliphatic hydroxyl groups excluding tert-OH is 1. The summed E-state index contributed by atoms with van der Waals surface area (Å²) >= 11 is 0. The molecule has 1 N–H and O–H groups in total. The molecule has 0 radical (unpaired) electrons. The molecule has 1 aromatic heterocycles. The van der Waals surface area contributed by atoms with Gasteiger partial charge in [0.2, 0.25) is 0 Å². The minimum Gasteiger partial charge on any atom is -0.384 e. The molecule has 3 nitrogen and oxygen atoms in total. The maximum atomic E-state index is 12.6. The Bertz CT molecular complexity index is 328. The van der Waals surface area contributed by atoms with E-state index < -0.39 is 11.9 Å². The summed E-state index contributed by atoms with van der Waals surface area (Å²) in [7, 11) is 0. The summed E-state index contributed by atoms with van der Waals surface area (Å²) in [6.07, 6.45) is 2.10. The van der Waals surface area contributed by atoms with E-state index in [1.807, 2.05) is 6.92 Å². The molecule has 0 aromatic carbocycles. The van der Waals surface area contributed by atoms with Gasteiger partial charge >= 0.3 is 0 Å². The van der Waals surface area contributed by atoms with Crippen molar-refractivity contribution in [3.8, 4) is 0 Å². The van der Waals surface area contributed by atoms with Crippen molar-refractivity contribution in [2.45, 2.75) is 38.1 Å². The van der Waals surface area contributed by atoms with E-state index in [4.69, 9.17) is 4.74 Å². The highest BCUT2D eigenvalue weighted by Crippen LogP contribution is 2.28. The van der Waals surface area contributed by atoms with E-state index in [0.717, 1.165) is 19.0 Å². The Balaban J connectivity index is 2.07. The highest BCUT2D eigenvalue weighted by atomic mass is 19.1. The number of ether oxygens (including phenoxy) is 1. The second kappa shape index (κ2) is 4.24. The van der Waals surface area contributed by atoms with Gasteiger partial charge in [0.25, 0.3) is 0 Å². The van der Waals surface area contributed by atoms with E-state index in [2.05, 4.69) is 4.98 Å². The summed E-state index contributed by atoms with van der Waals surface area (Å²) in [6, 6.07) is 2.79. The summed E-state index contributed by atoms with van der Waals surface area (Å²) < 4.78 is 18.1. The van der Waals surface area contributed by atoms with Crippen LogP contribution in [-0.2, 0) is 4.74 Å². The number of aliphatic hydroxyl groups is 1. The van der Waals surface area contributed by atoms with E-state index in [1.165, 1.54) is 12.1 Å². The molecular formula is C11H14FNO2. The van der Waals surface area contributed by atoms with Crippen molar-refractivity contribution < 1.29 is 14.2 Å². The minimum absolute atomic E-state index is 0.185. The molecule has 1 fully saturated rings. The molecule has 1 aliphatic rings. The maximum absolute atomic E-state index is 12.6. The molecule has 0 spiro atoms.